The predicted molar refractivity (Wildman–Crippen MR) is 73.4 cm³/mol. The van der Waals surface area contributed by atoms with E-state index in [-0.39, 0.29) is 23.1 Å². The molecule has 0 atom stereocenters. The molecule has 0 unspecified atom stereocenters. The van der Waals surface area contributed by atoms with Gasteiger partial charge >= 0.3 is 0 Å². The van der Waals surface area contributed by atoms with Gasteiger partial charge in [0.2, 0.25) is 5.91 Å². The lowest BCUT2D eigenvalue weighted by Gasteiger charge is -2.22. The summed E-state index contributed by atoms with van der Waals surface area (Å²) in [5.41, 5.74) is 0. The summed E-state index contributed by atoms with van der Waals surface area (Å²) >= 11 is 1.77. The Morgan fingerprint density at radius 1 is 1.44 bits per heavy atom. The van der Waals surface area contributed by atoms with E-state index in [4.69, 9.17) is 0 Å². The highest BCUT2D eigenvalue weighted by molar-refractivity contribution is 7.99. The summed E-state index contributed by atoms with van der Waals surface area (Å²) in [6.07, 6.45) is 4.72. The molecule has 0 bridgehead atoms. The van der Waals surface area contributed by atoms with Crippen LogP contribution < -0.4 is 10.6 Å². The van der Waals surface area contributed by atoms with E-state index in [9.17, 15) is 4.79 Å². The van der Waals surface area contributed by atoms with Crippen LogP contribution in [0.5, 0.6) is 0 Å². The molecule has 0 aliphatic heterocycles. The van der Waals surface area contributed by atoms with Crippen molar-refractivity contribution in [3.63, 3.8) is 0 Å². The van der Waals surface area contributed by atoms with Crippen molar-refractivity contribution in [1.29, 1.82) is 0 Å². The van der Waals surface area contributed by atoms with Gasteiger partial charge in [0, 0.05) is 11.3 Å². The fourth-order valence-electron chi connectivity index (χ4n) is 1.16. The minimum Gasteiger partial charge on any atom is -0.354 e. The normalized spacial score (nSPS) is 15.4. The number of amides is 1. The fourth-order valence-corrected chi connectivity index (χ4v) is 1.37. The van der Waals surface area contributed by atoms with Crippen molar-refractivity contribution >= 4 is 30.1 Å². The number of thioether (sulfide) groups is 1. The minimum absolute atomic E-state index is 0. The van der Waals surface area contributed by atoms with Crippen molar-refractivity contribution in [2.24, 2.45) is 5.92 Å². The molecule has 1 aliphatic carbocycles. The third-order valence-electron chi connectivity index (χ3n) is 2.68. The zero-order valence-electron chi connectivity index (χ0n) is 10.3. The maximum absolute atomic E-state index is 11.4. The summed E-state index contributed by atoms with van der Waals surface area (Å²) < 4.78 is 0.131. The second-order valence-electron chi connectivity index (χ2n) is 4.81. The Bertz CT molecular complexity index is 220. The van der Waals surface area contributed by atoms with Crippen LogP contribution in [0.4, 0.5) is 0 Å². The van der Waals surface area contributed by atoms with E-state index in [1.165, 1.54) is 12.8 Å². The van der Waals surface area contributed by atoms with E-state index < -0.39 is 0 Å². The first kappa shape index (κ1) is 16.1. The largest absolute Gasteiger partial charge is 0.354 e. The zero-order chi connectivity index (χ0) is 11.3. The zero-order valence-corrected chi connectivity index (χ0v) is 12.0. The predicted octanol–water partition coefficient (Wildman–Crippen LogP) is 1.67. The summed E-state index contributed by atoms with van der Waals surface area (Å²) in [7, 11) is 0. The third kappa shape index (κ3) is 7.36. The van der Waals surface area contributed by atoms with Crippen LogP contribution >= 0.6 is 24.2 Å². The molecule has 1 amide bonds. The van der Waals surface area contributed by atoms with Gasteiger partial charge in [0.1, 0.15) is 0 Å². The van der Waals surface area contributed by atoms with Crippen LogP contribution in [-0.4, -0.2) is 36.5 Å². The van der Waals surface area contributed by atoms with Crippen molar-refractivity contribution in [3.05, 3.63) is 0 Å². The van der Waals surface area contributed by atoms with Crippen molar-refractivity contribution in [2.75, 3.05) is 25.9 Å². The lowest BCUT2D eigenvalue weighted by atomic mass is 10.2. The third-order valence-corrected chi connectivity index (χ3v) is 3.93. The van der Waals surface area contributed by atoms with Gasteiger partial charge in [-0.05, 0) is 45.4 Å². The molecule has 0 spiro atoms. The van der Waals surface area contributed by atoms with E-state index in [1.54, 1.807) is 11.8 Å². The number of carbonyl (C=O) groups is 1. The van der Waals surface area contributed by atoms with Gasteiger partial charge in [0.25, 0.3) is 0 Å². The van der Waals surface area contributed by atoms with Gasteiger partial charge in [-0.3, -0.25) is 4.79 Å². The second-order valence-corrected chi connectivity index (χ2v) is 6.33. The van der Waals surface area contributed by atoms with Crippen LogP contribution in [0, 0.1) is 5.92 Å². The monoisotopic (exact) mass is 266 g/mol. The highest BCUT2D eigenvalue weighted by atomic mass is 35.5. The van der Waals surface area contributed by atoms with Crippen molar-refractivity contribution in [1.82, 2.24) is 10.6 Å². The molecule has 0 aromatic carbocycles. The quantitative estimate of drug-likeness (QED) is 0.737. The standard InChI is InChI=1S/C11H22N2OS.ClH/c1-11(2,15-3)8-13-10(14)7-12-6-9-4-5-9;/h9,12H,4-8H2,1-3H3,(H,13,14);1H. The summed E-state index contributed by atoms with van der Waals surface area (Å²) in [6.45, 7) is 6.46. The smallest absolute Gasteiger partial charge is 0.234 e. The molecular formula is C11H23ClN2OS. The van der Waals surface area contributed by atoms with Crippen LogP contribution in [-0.2, 0) is 4.79 Å². The minimum atomic E-state index is 0. The molecule has 0 aromatic heterocycles. The van der Waals surface area contributed by atoms with E-state index in [2.05, 4.69) is 30.7 Å². The average Bonchev–Trinajstić information content (AvgIpc) is 2.99. The molecule has 0 radical (unpaired) electrons. The number of carbonyl (C=O) groups excluding carboxylic acids is 1. The maximum atomic E-state index is 11.4. The number of halogens is 1. The van der Waals surface area contributed by atoms with Gasteiger partial charge in [0.05, 0.1) is 6.54 Å². The first-order valence-electron chi connectivity index (χ1n) is 5.56. The van der Waals surface area contributed by atoms with Crippen LogP contribution in [0.15, 0.2) is 0 Å². The van der Waals surface area contributed by atoms with Crippen LogP contribution in [0.25, 0.3) is 0 Å². The van der Waals surface area contributed by atoms with Crippen molar-refractivity contribution < 1.29 is 4.79 Å². The molecule has 5 heteroatoms. The van der Waals surface area contributed by atoms with Gasteiger partial charge in [-0.25, -0.2) is 0 Å². The summed E-state index contributed by atoms with van der Waals surface area (Å²) in [5.74, 6) is 0.943. The van der Waals surface area contributed by atoms with Gasteiger partial charge < -0.3 is 10.6 Å². The Morgan fingerprint density at radius 3 is 2.56 bits per heavy atom. The highest BCUT2D eigenvalue weighted by Gasteiger charge is 2.21. The lowest BCUT2D eigenvalue weighted by Crippen LogP contribution is -2.40. The molecule has 0 aromatic rings. The number of hydrogen-bond acceptors (Lipinski definition) is 3. The molecule has 1 saturated carbocycles. The van der Waals surface area contributed by atoms with Gasteiger partial charge in [-0.1, -0.05) is 0 Å². The van der Waals surface area contributed by atoms with E-state index in [1.807, 2.05) is 0 Å². The van der Waals surface area contributed by atoms with Gasteiger partial charge in [-0.15, -0.1) is 12.4 Å². The number of rotatable bonds is 7. The molecule has 96 valence electrons. The Balaban J connectivity index is 0.00000225. The van der Waals surface area contributed by atoms with E-state index >= 15 is 0 Å². The molecule has 2 N–H and O–H groups in total. The molecule has 0 saturated heterocycles. The molecule has 0 heterocycles. The molecule has 1 rings (SSSR count). The summed E-state index contributed by atoms with van der Waals surface area (Å²) in [6, 6.07) is 0. The Labute approximate surface area is 109 Å². The fraction of sp³-hybridized carbons (Fsp3) is 0.909. The van der Waals surface area contributed by atoms with Crippen LogP contribution in [0.3, 0.4) is 0 Å². The Hall–Kier alpha value is 0.0700. The summed E-state index contributed by atoms with van der Waals surface area (Å²) in [4.78, 5) is 11.4. The first-order chi connectivity index (χ1) is 7.03. The number of nitrogens with one attached hydrogen (secondary N) is 2. The molecule has 16 heavy (non-hydrogen) atoms. The van der Waals surface area contributed by atoms with E-state index in [0.717, 1.165) is 19.0 Å². The Kier molecular flexibility index (Phi) is 7.44. The summed E-state index contributed by atoms with van der Waals surface area (Å²) in [5, 5.41) is 6.13. The van der Waals surface area contributed by atoms with Gasteiger partial charge in [-0.2, -0.15) is 11.8 Å². The number of hydrogen-bond donors (Lipinski definition) is 2. The van der Waals surface area contributed by atoms with Crippen LogP contribution in [0.1, 0.15) is 26.7 Å². The molecular weight excluding hydrogens is 244 g/mol. The highest BCUT2D eigenvalue weighted by Crippen LogP contribution is 2.27. The van der Waals surface area contributed by atoms with Crippen LogP contribution in [0.2, 0.25) is 0 Å². The SMILES string of the molecule is CSC(C)(C)CNC(=O)CNCC1CC1.Cl. The van der Waals surface area contributed by atoms with Crippen molar-refractivity contribution in [2.45, 2.75) is 31.4 Å². The molecule has 1 fully saturated rings. The van der Waals surface area contributed by atoms with E-state index in [0.29, 0.717) is 6.54 Å². The Morgan fingerprint density at radius 2 is 2.06 bits per heavy atom. The maximum Gasteiger partial charge on any atom is 0.234 e. The second kappa shape index (κ2) is 7.41. The van der Waals surface area contributed by atoms with Gasteiger partial charge in [0.15, 0.2) is 0 Å². The topological polar surface area (TPSA) is 41.1 Å². The molecule has 3 nitrogen and oxygen atoms in total. The average molecular weight is 267 g/mol. The lowest BCUT2D eigenvalue weighted by molar-refractivity contribution is -0.120. The van der Waals surface area contributed by atoms with Crippen molar-refractivity contribution in [3.8, 4) is 0 Å². The molecule has 1 aliphatic rings. The first-order valence-corrected chi connectivity index (χ1v) is 6.78.